The molecule has 218 valence electrons. The lowest BCUT2D eigenvalue weighted by molar-refractivity contribution is -0.121. The smallest absolute Gasteiger partial charge is 0.335 e. The van der Waals surface area contributed by atoms with Crippen molar-refractivity contribution in [3.05, 3.63) is 40.8 Å². The SMILES string of the molecule is CCOc1cc(C(=O)O)ccc1NC(=O)C1C2CC(OCc3c(C4CCC5(CC4)CC5)noc3C3CC3)C3CCC321. The lowest BCUT2D eigenvalue weighted by Crippen LogP contribution is -2.39. The van der Waals surface area contributed by atoms with E-state index in [0.717, 1.165) is 25.0 Å². The van der Waals surface area contributed by atoms with E-state index in [0.29, 0.717) is 53.7 Å². The van der Waals surface area contributed by atoms with E-state index in [-0.39, 0.29) is 28.9 Å². The Kier molecular flexibility index (Phi) is 5.86. The summed E-state index contributed by atoms with van der Waals surface area (Å²) in [6.07, 6.45) is 13.6. The van der Waals surface area contributed by atoms with Gasteiger partial charge in [0.15, 0.2) is 0 Å². The molecule has 5 unspecified atom stereocenters. The highest BCUT2D eigenvalue weighted by atomic mass is 16.5. The molecule has 5 atom stereocenters. The van der Waals surface area contributed by atoms with Crippen molar-refractivity contribution in [3.8, 4) is 5.75 Å². The van der Waals surface area contributed by atoms with Crippen LogP contribution < -0.4 is 10.1 Å². The molecule has 2 aromatic rings. The summed E-state index contributed by atoms with van der Waals surface area (Å²) in [5, 5.41) is 17.0. The molecule has 2 N–H and O–H groups in total. The van der Waals surface area contributed by atoms with Gasteiger partial charge in [0, 0.05) is 23.3 Å². The van der Waals surface area contributed by atoms with E-state index in [4.69, 9.17) is 14.0 Å². The molecule has 6 aliphatic carbocycles. The molecule has 1 heterocycles. The summed E-state index contributed by atoms with van der Waals surface area (Å²) in [7, 11) is 0. The molecule has 6 aliphatic rings. The van der Waals surface area contributed by atoms with E-state index in [1.165, 1.54) is 74.8 Å². The Morgan fingerprint density at radius 1 is 1.05 bits per heavy atom. The third kappa shape index (κ3) is 4.15. The number of carbonyl (C=O) groups excluding carboxylic acids is 1. The topological polar surface area (TPSA) is 111 Å². The number of aromatic carboxylic acids is 1. The quantitative estimate of drug-likeness (QED) is 0.334. The minimum absolute atomic E-state index is 0.0140. The number of benzene rings is 1. The fourth-order valence-corrected chi connectivity index (χ4v) is 9.03. The highest BCUT2D eigenvalue weighted by Gasteiger charge is 2.79. The van der Waals surface area contributed by atoms with E-state index in [1.54, 1.807) is 6.07 Å². The van der Waals surface area contributed by atoms with Crippen LogP contribution in [0.3, 0.4) is 0 Å². The second kappa shape index (κ2) is 9.32. The molecule has 0 saturated heterocycles. The van der Waals surface area contributed by atoms with Crippen molar-refractivity contribution in [1.29, 1.82) is 0 Å². The van der Waals surface area contributed by atoms with Gasteiger partial charge in [0.25, 0.3) is 0 Å². The number of carboxylic acid groups (broad SMARTS) is 1. The summed E-state index contributed by atoms with van der Waals surface area (Å²) in [6.45, 7) is 2.82. The number of nitrogens with zero attached hydrogens (tertiary/aromatic N) is 1. The molecule has 6 fully saturated rings. The van der Waals surface area contributed by atoms with Gasteiger partial charge < -0.3 is 24.4 Å². The van der Waals surface area contributed by atoms with Gasteiger partial charge in [-0.1, -0.05) is 5.16 Å². The molecule has 1 aromatic carbocycles. The lowest BCUT2D eigenvalue weighted by atomic mass is 9.68. The number of rotatable bonds is 10. The third-order valence-electron chi connectivity index (χ3n) is 11.8. The number of ether oxygens (including phenoxy) is 2. The van der Waals surface area contributed by atoms with Crippen LogP contribution in [0.15, 0.2) is 22.7 Å². The second-order valence-electron chi connectivity index (χ2n) is 13.8. The molecule has 41 heavy (non-hydrogen) atoms. The molecule has 8 nitrogen and oxygen atoms in total. The summed E-state index contributed by atoms with van der Waals surface area (Å²) >= 11 is 0. The number of aromatic nitrogens is 1. The number of anilines is 1. The van der Waals surface area contributed by atoms with Gasteiger partial charge in [-0.05, 0) is 118 Å². The van der Waals surface area contributed by atoms with Crippen LogP contribution in [0.1, 0.15) is 117 Å². The van der Waals surface area contributed by atoms with Gasteiger partial charge in [0.2, 0.25) is 5.91 Å². The first-order valence-electron chi connectivity index (χ1n) is 15.8. The lowest BCUT2D eigenvalue weighted by Gasteiger charge is -2.39. The zero-order valence-corrected chi connectivity index (χ0v) is 23.8. The van der Waals surface area contributed by atoms with Gasteiger partial charge in [-0.25, -0.2) is 4.79 Å². The Morgan fingerprint density at radius 3 is 2.49 bits per heavy atom. The van der Waals surface area contributed by atoms with Gasteiger partial charge >= 0.3 is 5.97 Å². The van der Waals surface area contributed by atoms with Crippen LogP contribution in [0.25, 0.3) is 0 Å². The van der Waals surface area contributed by atoms with Crippen molar-refractivity contribution in [2.75, 3.05) is 11.9 Å². The average molecular weight is 561 g/mol. The van der Waals surface area contributed by atoms with E-state index in [1.807, 2.05) is 6.92 Å². The number of amides is 1. The summed E-state index contributed by atoms with van der Waals surface area (Å²) in [6, 6.07) is 4.63. The number of carboxylic acids is 1. The summed E-state index contributed by atoms with van der Waals surface area (Å²) in [5.41, 5.74) is 3.80. The number of carbonyl (C=O) groups is 2. The van der Waals surface area contributed by atoms with E-state index in [9.17, 15) is 14.7 Å². The Hall–Kier alpha value is -2.87. The van der Waals surface area contributed by atoms with Gasteiger partial charge in [0.1, 0.15) is 11.5 Å². The monoisotopic (exact) mass is 560 g/mol. The molecule has 0 aliphatic heterocycles. The van der Waals surface area contributed by atoms with Crippen LogP contribution in [0.5, 0.6) is 5.75 Å². The zero-order chi connectivity index (χ0) is 27.9. The largest absolute Gasteiger partial charge is 0.492 e. The Balaban J connectivity index is 0.930. The predicted octanol–water partition coefficient (Wildman–Crippen LogP) is 6.66. The van der Waals surface area contributed by atoms with Crippen molar-refractivity contribution in [1.82, 2.24) is 5.16 Å². The van der Waals surface area contributed by atoms with Crippen molar-refractivity contribution >= 4 is 17.6 Å². The van der Waals surface area contributed by atoms with E-state index < -0.39 is 5.97 Å². The maximum Gasteiger partial charge on any atom is 0.335 e. The minimum Gasteiger partial charge on any atom is -0.492 e. The van der Waals surface area contributed by atoms with Crippen molar-refractivity contribution in [3.63, 3.8) is 0 Å². The second-order valence-corrected chi connectivity index (χ2v) is 13.8. The fraction of sp³-hybridized carbons (Fsp3) is 0.667. The molecular weight excluding hydrogens is 520 g/mol. The third-order valence-corrected chi connectivity index (χ3v) is 11.8. The highest BCUT2D eigenvalue weighted by Crippen LogP contribution is 2.80. The maximum atomic E-state index is 13.5. The minimum atomic E-state index is -1.02. The molecule has 2 spiro atoms. The average Bonchev–Trinajstić information content (AvgIpc) is 3.89. The van der Waals surface area contributed by atoms with Crippen LogP contribution in [0.4, 0.5) is 5.69 Å². The van der Waals surface area contributed by atoms with E-state index >= 15 is 0 Å². The number of nitrogens with one attached hydrogen (secondary N) is 1. The molecular formula is C33H40N2O6. The van der Waals surface area contributed by atoms with Crippen LogP contribution in [0.2, 0.25) is 0 Å². The van der Waals surface area contributed by atoms with Crippen LogP contribution in [0, 0.1) is 28.6 Å². The molecule has 8 rings (SSSR count). The van der Waals surface area contributed by atoms with Crippen LogP contribution in [-0.4, -0.2) is 34.9 Å². The first-order chi connectivity index (χ1) is 19.9. The number of hydrogen-bond acceptors (Lipinski definition) is 6. The number of hydrogen-bond donors (Lipinski definition) is 2. The van der Waals surface area contributed by atoms with E-state index in [2.05, 4.69) is 10.5 Å². The van der Waals surface area contributed by atoms with Gasteiger partial charge in [-0.15, -0.1) is 0 Å². The summed E-state index contributed by atoms with van der Waals surface area (Å²) in [5.74, 6) is 2.24. The molecule has 1 amide bonds. The maximum absolute atomic E-state index is 13.5. The predicted molar refractivity (Wildman–Crippen MR) is 150 cm³/mol. The molecule has 0 radical (unpaired) electrons. The van der Waals surface area contributed by atoms with Gasteiger partial charge in [-0.2, -0.15) is 0 Å². The van der Waals surface area contributed by atoms with Crippen molar-refractivity contribution in [2.24, 2.45) is 28.6 Å². The van der Waals surface area contributed by atoms with Gasteiger partial charge in [-0.3, -0.25) is 4.79 Å². The standard InChI is InChI=1S/C33H40N2O6/c1-2-39-26-15-20(31(37)38)5-6-24(26)34-30(36)27-23-16-25(22-9-12-33(22,23)27)40-17-21-28(35-41-29(21)19-3-4-19)18-7-10-32(11-8-18)13-14-32/h5-6,15,18-19,22-23,25,27H,2-4,7-14,16-17H2,1H3,(H,34,36)(H,37,38). The van der Waals surface area contributed by atoms with Crippen molar-refractivity contribution in [2.45, 2.75) is 102 Å². The Morgan fingerprint density at radius 2 is 1.85 bits per heavy atom. The van der Waals surface area contributed by atoms with Crippen LogP contribution >= 0.6 is 0 Å². The Bertz CT molecular complexity index is 1380. The first kappa shape index (κ1) is 25.8. The zero-order valence-electron chi connectivity index (χ0n) is 23.8. The molecule has 1 aromatic heterocycles. The fourth-order valence-electron chi connectivity index (χ4n) is 9.03. The first-order valence-corrected chi connectivity index (χ1v) is 15.8. The highest BCUT2D eigenvalue weighted by molar-refractivity contribution is 5.98. The van der Waals surface area contributed by atoms with Crippen LogP contribution in [-0.2, 0) is 16.1 Å². The van der Waals surface area contributed by atoms with Gasteiger partial charge in [0.05, 0.1) is 36.3 Å². The molecule has 8 heteroatoms. The van der Waals surface area contributed by atoms with Crippen molar-refractivity contribution < 1.29 is 28.7 Å². The summed E-state index contributed by atoms with van der Waals surface area (Å²) < 4.78 is 18.3. The summed E-state index contributed by atoms with van der Waals surface area (Å²) in [4.78, 5) is 24.9. The Labute approximate surface area is 240 Å². The molecule has 6 saturated carbocycles. The normalized spacial score (nSPS) is 32.6. The molecule has 0 bridgehead atoms.